The van der Waals surface area contributed by atoms with E-state index in [2.05, 4.69) is 83.4 Å². The third-order valence-corrected chi connectivity index (χ3v) is 7.35. The van der Waals surface area contributed by atoms with Crippen LogP contribution in [0.4, 0.5) is 0 Å². The molecule has 0 amide bonds. The maximum atomic E-state index is 13.2. The quantitative estimate of drug-likeness (QED) is 0.356. The fraction of sp³-hybridized carbons (Fsp3) is 0.448. The number of fused-ring (bicyclic) bond motifs is 1. The lowest BCUT2D eigenvalue weighted by atomic mass is 10.0. The Morgan fingerprint density at radius 1 is 1.11 bits per heavy atom. The van der Waals surface area contributed by atoms with Crippen LogP contribution in [0, 0.1) is 20.8 Å². The predicted molar refractivity (Wildman–Crippen MR) is 144 cm³/mol. The van der Waals surface area contributed by atoms with Crippen LogP contribution in [0.25, 0.3) is 10.9 Å². The topological polar surface area (TPSA) is 88.9 Å². The normalized spacial score (nSPS) is 16.6. The Hall–Kier alpha value is -3.36. The lowest BCUT2D eigenvalue weighted by Gasteiger charge is -2.30. The first kappa shape index (κ1) is 25.3. The molecule has 2 atom stereocenters. The van der Waals surface area contributed by atoms with E-state index in [0.717, 1.165) is 59.3 Å². The molecule has 1 aliphatic heterocycles. The molecule has 1 aliphatic rings. The maximum Gasteiger partial charge on any atom is 0.252 e. The van der Waals surface area contributed by atoms with Crippen LogP contribution in [0.2, 0.25) is 0 Å². The Labute approximate surface area is 217 Å². The van der Waals surface area contributed by atoms with E-state index in [1.807, 2.05) is 16.8 Å². The monoisotopic (exact) mass is 500 g/mol. The molecule has 37 heavy (non-hydrogen) atoms. The molecule has 0 spiro atoms. The van der Waals surface area contributed by atoms with Crippen molar-refractivity contribution < 1.29 is 4.74 Å². The van der Waals surface area contributed by atoms with Gasteiger partial charge in [0.1, 0.15) is 0 Å². The number of aromatic amines is 1. The summed E-state index contributed by atoms with van der Waals surface area (Å²) in [5.74, 6) is 0.814. The van der Waals surface area contributed by atoms with Crippen molar-refractivity contribution >= 4 is 10.9 Å². The van der Waals surface area contributed by atoms with Gasteiger partial charge in [0.2, 0.25) is 0 Å². The van der Waals surface area contributed by atoms with Crippen LogP contribution in [0.1, 0.15) is 65.9 Å². The number of nitrogens with one attached hydrogen (secondary N) is 1. The molecule has 0 unspecified atom stereocenters. The zero-order valence-corrected chi connectivity index (χ0v) is 22.2. The highest BCUT2D eigenvalue weighted by Gasteiger charge is 2.28. The van der Waals surface area contributed by atoms with E-state index in [9.17, 15) is 4.79 Å². The first-order chi connectivity index (χ1) is 17.9. The number of ether oxygens (including phenoxy) is 1. The van der Waals surface area contributed by atoms with E-state index in [4.69, 9.17) is 4.74 Å². The number of tetrazole rings is 1. The molecule has 194 valence electrons. The Bertz CT molecular complexity index is 1420. The molecule has 8 nitrogen and oxygen atoms in total. The van der Waals surface area contributed by atoms with Gasteiger partial charge in [-0.1, -0.05) is 42.8 Å². The fourth-order valence-electron chi connectivity index (χ4n) is 5.42. The number of rotatable bonds is 9. The van der Waals surface area contributed by atoms with Gasteiger partial charge in [0.05, 0.1) is 18.7 Å². The van der Waals surface area contributed by atoms with Gasteiger partial charge in [-0.2, -0.15) is 0 Å². The Morgan fingerprint density at radius 2 is 1.92 bits per heavy atom. The van der Waals surface area contributed by atoms with E-state index in [1.54, 1.807) is 0 Å². The van der Waals surface area contributed by atoms with Crippen LogP contribution in [0.15, 0.2) is 47.3 Å². The first-order valence-corrected chi connectivity index (χ1v) is 13.2. The van der Waals surface area contributed by atoms with Crippen molar-refractivity contribution in [3.63, 3.8) is 0 Å². The number of hydrogen-bond donors (Lipinski definition) is 1. The van der Waals surface area contributed by atoms with Crippen LogP contribution in [0.3, 0.4) is 0 Å². The van der Waals surface area contributed by atoms with E-state index in [0.29, 0.717) is 19.6 Å². The Kier molecular flexibility index (Phi) is 7.48. The highest BCUT2D eigenvalue weighted by Crippen LogP contribution is 2.28. The van der Waals surface area contributed by atoms with Crippen LogP contribution < -0.4 is 5.56 Å². The van der Waals surface area contributed by atoms with Crippen molar-refractivity contribution in [2.75, 3.05) is 6.61 Å². The lowest BCUT2D eigenvalue weighted by Crippen LogP contribution is -2.33. The van der Waals surface area contributed by atoms with Gasteiger partial charge in [-0.05, 0) is 79.3 Å². The number of benzene rings is 2. The minimum absolute atomic E-state index is 0.0554. The number of aromatic nitrogens is 5. The van der Waals surface area contributed by atoms with Gasteiger partial charge in [0.25, 0.3) is 5.56 Å². The summed E-state index contributed by atoms with van der Waals surface area (Å²) in [6.07, 6.45) is 3.04. The lowest BCUT2D eigenvalue weighted by molar-refractivity contribution is 0.0888. The summed E-state index contributed by atoms with van der Waals surface area (Å²) >= 11 is 0. The number of nitrogens with zero attached hydrogens (tertiary/aromatic N) is 5. The molecule has 0 saturated carbocycles. The predicted octanol–water partition coefficient (Wildman–Crippen LogP) is 4.77. The molecule has 0 aliphatic carbocycles. The summed E-state index contributed by atoms with van der Waals surface area (Å²) < 4.78 is 7.75. The van der Waals surface area contributed by atoms with Crippen LogP contribution in [-0.4, -0.2) is 42.8 Å². The number of aryl methyl sites for hydroxylation is 3. The smallest absolute Gasteiger partial charge is 0.252 e. The van der Waals surface area contributed by atoms with Crippen molar-refractivity contribution in [3.8, 4) is 0 Å². The SMILES string of the molecule is CC[C@H](c1nnnn1C[C@@H]1CCCO1)N(Cc1ccc(C)cc1)Cc1cc2c(C)cc(C)cc2[nH]c1=O. The van der Waals surface area contributed by atoms with E-state index >= 15 is 0 Å². The first-order valence-electron chi connectivity index (χ1n) is 13.2. The fourth-order valence-corrected chi connectivity index (χ4v) is 5.42. The minimum atomic E-state index is -0.0630. The Morgan fingerprint density at radius 3 is 2.65 bits per heavy atom. The number of pyridine rings is 1. The maximum absolute atomic E-state index is 13.2. The molecular weight excluding hydrogens is 464 g/mol. The third-order valence-electron chi connectivity index (χ3n) is 7.35. The summed E-state index contributed by atoms with van der Waals surface area (Å²) in [6.45, 7) is 11.0. The highest BCUT2D eigenvalue weighted by atomic mass is 16.5. The van der Waals surface area contributed by atoms with Crippen LogP contribution >= 0.6 is 0 Å². The van der Waals surface area contributed by atoms with Crippen molar-refractivity contribution in [1.82, 2.24) is 30.1 Å². The van der Waals surface area contributed by atoms with Crippen LogP contribution in [-0.2, 0) is 24.4 Å². The molecule has 5 rings (SSSR count). The second kappa shape index (κ2) is 10.9. The molecule has 3 heterocycles. The molecule has 1 N–H and O–H groups in total. The van der Waals surface area contributed by atoms with Gasteiger partial charge < -0.3 is 9.72 Å². The average molecular weight is 501 g/mol. The largest absolute Gasteiger partial charge is 0.376 e. The zero-order valence-electron chi connectivity index (χ0n) is 22.2. The summed E-state index contributed by atoms with van der Waals surface area (Å²) in [7, 11) is 0. The number of H-pyrrole nitrogens is 1. The summed E-state index contributed by atoms with van der Waals surface area (Å²) in [4.78, 5) is 18.7. The molecule has 0 radical (unpaired) electrons. The van der Waals surface area contributed by atoms with E-state index in [1.165, 1.54) is 11.1 Å². The van der Waals surface area contributed by atoms with Gasteiger partial charge in [-0.3, -0.25) is 9.69 Å². The molecule has 2 aromatic carbocycles. The van der Waals surface area contributed by atoms with Crippen molar-refractivity contribution in [3.05, 3.63) is 86.5 Å². The average Bonchev–Trinajstić information content (AvgIpc) is 3.55. The van der Waals surface area contributed by atoms with E-state index < -0.39 is 0 Å². The summed E-state index contributed by atoms with van der Waals surface area (Å²) in [6, 6.07) is 14.7. The van der Waals surface area contributed by atoms with Gasteiger partial charge >= 0.3 is 0 Å². The molecule has 2 aromatic heterocycles. The van der Waals surface area contributed by atoms with Gasteiger partial charge in [0.15, 0.2) is 5.82 Å². The minimum Gasteiger partial charge on any atom is -0.376 e. The molecule has 8 heteroatoms. The number of hydrogen-bond acceptors (Lipinski definition) is 6. The summed E-state index contributed by atoms with van der Waals surface area (Å²) in [5.41, 5.74) is 6.27. The molecule has 1 fully saturated rings. The second-order valence-corrected chi connectivity index (χ2v) is 10.3. The molecule has 4 aromatic rings. The van der Waals surface area contributed by atoms with Crippen molar-refractivity contribution in [1.29, 1.82) is 0 Å². The molecule has 1 saturated heterocycles. The third kappa shape index (κ3) is 5.65. The van der Waals surface area contributed by atoms with Gasteiger partial charge in [-0.15, -0.1) is 5.10 Å². The zero-order chi connectivity index (χ0) is 25.9. The standard InChI is InChI=1S/C29H36N6O2/c1-5-27(28-31-32-33-35(28)18-24-7-6-12-37-24)34(16-22-10-8-19(2)9-11-22)17-23-15-25-21(4)13-20(3)14-26(25)30-29(23)36/h8-11,13-15,24,27H,5-7,12,16-18H2,1-4H3,(H,30,36)/t24-,27+/m0/s1. The van der Waals surface area contributed by atoms with Gasteiger partial charge in [0, 0.05) is 36.2 Å². The highest BCUT2D eigenvalue weighted by molar-refractivity contribution is 5.83. The van der Waals surface area contributed by atoms with Crippen molar-refractivity contribution in [2.24, 2.45) is 0 Å². The Balaban J connectivity index is 1.51. The van der Waals surface area contributed by atoms with E-state index in [-0.39, 0.29) is 17.7 Å². The van der Waals surface area contributed by atoms with Crippen LogP contribution in [0.5, 0.6) is 0 Å². The van der Waals surface area contributed by atoms with Crippen molar-refractivity contribution in [2.45, 2.75) is 78.7 Å². The second-order valence-electron chi connectivity index (χ2n) is 10.3. The summed E-state index contributed by atoms with van der Waals surface area (Å²) in [5, 5.41) is 13.9. The molecular formula is C29H36N6O2. The van der Waals surface area contributed by atoms with Gasteiger partial charge in [-0.25, -0.2) is 4.68 Å². The molecule has 0 bridgehead atoms.